The van der Waals surface area contributed by atoms with Crippen molar-refractivity contribution >= 4 is 10.0 Å². The Morgan fingerprint density at radius 3 is 2.12 bits per heavy atom. The van der Waals surface area contributed by atoms with E-state index in [2.05, 4.69) is 23.9 Å². The van der Waals surface area contributed by atoms with Crippen LogP contribution in [0.25, 0.3) is 0 Å². The van der Waals surface area contributed by atoms with Gasteiger partial charge in [0, 0.05) is 12.1 Å². The second kappa shape index (κ2) is 8.03. The summed E-state index contributed by atoms with van der Waals surface area (Å²) in [5.74, 6) is 0.212. The number of hydrogen-bond acceptors (Lipinski definition) is 3. The molecule has 0 aliphatic rings. The van der Waals surface area contributed by atoms with Gasteiger partial charge < -0.3 is 5.32 Å². The van der Waals surface area contributed by atoms with Crippen LogP contribution in [0.2, 0.25) is 0 Å². The van der Waals surface area contributed by atoms with Crippen molar-refractivity contribution < 1.29 is 8.42 Å². The van der Waals surface area contributed by atoms with Gasteiger partial charge in [-0.1, -0.05) is 27.7 Å². The fourth-order valence-corrected chi connectivity index (χ4v) is 2.90. The van der Waals surface area contributed by atoms with E-state index in [0.717, 1.165) is 19.4 Å². The van der Waals surface area contributed by atoms with Crippen molar-refractivity contribution in [1.29, 1.82) is 0 Å². The van der Waals surface area contributed by atoms with Crippen LogP contribution in [0.5, 0.6) is 0 Å². The molecule has 0 amide bonds. The number of hydrogen-bond donors (Lipinski definition) is 2. The molecule has 0 radical (unpaired) electrons. The molecule has 0 saturated carbocycles. The summed E-state index contributed by atoms with van der Waals surface area (Å²) in [7, 11) is -3.09. The molecule has 16 heavy (non-hydrogen) atoms. The van der Waals surface area contributed by atoms with Crippen molar-refractivity contribution in [2.24, 2.45) is 0 Å². The molecule has 0 saturated heterocycles. The maximum Gasteiger partial charge on any atom is 0.211 e. The highest BCUT2D eigenvalue weighted by molar-refractivity contribution is 7.89. The second-order valence-electron chi connectivity index (χ2n) is 4.41. The predicted octanol–water partition coefficient (Wildman–Crippen LogP) is 1.48. The Labute approximate surface area is 100 Å². The lowest BCUT2D eigenvalue weighted by molar-refractivity contribution is 0.524. The first-order chi connectivity index (χ1) is 7.41. The average Bonchev–Trinajstić information content (AvgIpc) is 2.21. The van der Waals surface area contributed by atoms with Crippen molar-refractivity contribution in [2.45, 2.75) is 59.0 Å². The Bertz CT molecular complexity index is 259. The van der Waals surface area contributed by atoms with Crippen LogP contribution < -0.4 is 10.0 Å². The average molecular weight is 250 g/mol. The lowest BCUT2D eigenvalue weighted by atomic mass is 10.2. The third-order valence-electron chi connectivity index (χ3n) is 2.47. The van der Waals surface area contributed by atoms with Crippen LogP contribution in [0.1, 0.15) is 47.0 Å². The van der Waals surface area contributed by atoms with Crippen LogP contribution >= 0.6 is 0 Å². The molecule has 0 rings (SSSR count). The fourth-order valence-electron chi connectivity index (χ4n) is 1.42. The summed E-state index contributed by atoms with van der Waals surface area (Å²) in [5.41, 5.74) is 0. The lowest BCUT2D eigenvalue weighted by Crippen LogP contribution is -2.36. The summed E-state index contributed by atoms with van der Waals surface area (Å²) in [6.45, 7) is 8.85. The second-order valence-corrected chi connectivity index (χ2v) is 6.29. The zero-order valence-electron chi connectivity index (χ0n) is 10.9. The van der Waals surface area contributed by atoms with Crippen LogP contribution in [-0.4, -0.2) is 32.8 Å². The third kappa shape index (κ3) is 8.07. The Morgan fingerprint density at radius 1 is 1.12 bits per heavy atom. The van der Waals surface area contributed by atoms with Gasteiger partial charge in [-0.05, 0) is 25.8 Å². The van der Waals surface area contributed by atoms with Gasteiger partial charge >= 0.3 is 0 Å². The van der Waals surface area contributed by atoms with Gasteiger partial charge in [0.1, 0.15) is 0 Å². The Balaban J connectivity index is 3.87. The van der Waals surface area contributed by atoms with E-state index in [1.54, 1.807) is 0 Å². The largest absolute Gasteiger partial charge is 0.314 e. The topological polar surface area (TPSA) is 58.2 Å². The lowest BCUT2D eigenvalue weighted by Gasteiger charge is -2.15. The molecule has 0 aromatic carbocycles. The molecule has 0 fully saturated rings. The minimum atomic E-state index is -3.09. The van der Waals surface area contributed by atoms with Gasteiger partial charge in [-0.3, -0.25) is 0 Å². The van der Waals surface area contributed by atoms with Crippen molar-refractivity contribution in [3.05, 3.63) is 0 Å². The monoisotopic (exact) mass is 250 g/mol. The normalized spacial score (nSPS) is 12.6. The highest BCUT2D eigenvalue weighted by Gasteiger charge is 2.14. The predicted molar refractivity (Wildman–Crippen MR) is 69.0 cm³/mol. The van der Waals surface area contributed by atoms with Crippen molar-refractivity contribution in [2.75, 3.05) is 12.3 Å². The first-order valence-electron chi connectivity index (χ1n) is 6.14. The number of sulfonamides is 1. The zero-order chi connectivity index (χ0) is 12.6. The van der Waals surface area contributed by atoms with E-state index in [0.29, 0.717) is 12.5 Å². The molecule has 0 unspecified atom stereocenters. The van der Waals surface area contributed by atoms with Gasteiger partial charge in [0.15, 0.2) is 0 Å². The maximum atomic E-state index is 11.7. The number of nitrogens with one attached hydrogen (secondary N) is 2. The van der Waals surface area contributed by atoms with Crippen LogP contribution in [0.4, 0.5) is 0 Å². The molecular weight excluding hydrogens is 224 g/mol. The molecule has 0 heterocycles. The molecule has 0 atom stereocenters. The quantitative estimate of drug-likeness (QED) is 0.609. The van der Waals surface area contributed by atoms with Crippen molar-refractivity contribution in [3.63, 3.8) is 0 Å². The molecule has 2 N–H and O–H groups in total. The maximum absolute atomic E-state index is 11.7. The highest BCUT2D eigenvalue weighted by atomic mass is 32.2. The molecule has 0 aliphatic heterocycles. The Morgan fingerprint density at radius 2 is 1.69 bits per heavy atom. The molecule has 4 nitrogen and oxygen atoms in total. The summed E-state index contributed by atoms with van der Waals surface area (Å²) >= 11 is 0. The van der Waals surface area contributed by atoms with Crippen LogP contribution in [-0.2, 0) is 10.0 Å². The van der Waals surface area contributed by atoms with Gasteiger partial charge in [0.05, 0.1) is 5.75 Å². The van der Waals surface area contributed by atoms with Crippen molar-refractivity contribution in [3.8, 4) is 0 Å². The first-order valence-corrected chi connectivity index (χ1v) is 7.79. The molecule has 0 spiro atoms. The summed E-state index contributed by atoms with van der Waals surface area (Å²) in [5, 5.41) is 3.21. The van der Waals surface area contributed by atoms with Gasteiger partial charge in [0.2, 0.25) is 10.0 Å². The zero-order valence-corrected chi connectivity index (χ0v) is 11.7. The van der Waals surface area contributed by atoms with Crippen LogP contribution in [0, 0.1) is 0 Å². The standard InChI is InChI=1S/C11H26N2O2S/c1-5-11(6-2)13-16(14,15)9-7-8-12-10(3)4/h10-13H,5-9H2,1-4H3. The first kappa shape index (κ1) is 15.9. The SMILES string of the molecule is CCC(CC)NS(=O)(=O)CCCNC(C)C. The van der Waals surface area contributed by atoms with E-state index >= 15 is 0 Å². The smallest absolute Gasteiger partial charge is 0.211 e. The van der Waals surface area contributed by atoms with E-state index < -0.39 is 10.0 Å². The molecular formula is C11H26N2O2S. The summed E-state index contributed by atoms with van der Waals surface area (Å²) < 4.78 is 26.1. The fraction of sp³-hybridized carbons (Fsp3) is 1.00. The molecule has 98 valence electrons. The van der Waals surface area contributed by atoms with E-state index in [9.17, 15) is 8.42 Å². The van der Waals surface area contributed by atoms with Gasteiger partial charge in [-0.2, -0.15) is 0 Å². The van der Waals surface area contributed by atoms with Gasteiger partial charge in [0.25, 0.3) is 0 Å². The summed E-state index contributed by atoms with van der Waals surface area (Å²) in [6, 6.07) is 0.498. The summed E-state index contributed by atoms with van der Waals surface area (Å²) in [4.78, 5) is 0. The van der Waals surface area contributed by atoms with Crippen LogP contribution in [0.15, 0.2) is 0 Å². The van der Waals surface area contributed by atoms with E-state index in [1.165, 1.54) is 0 Å². The minimum absolute atomic E-state index is 0.0862. The van der Waals surface area contributed by atoms with Crippen molar-refractivity contribution in [1.82, 2.24) is 10.0 Å². The number of rotatable bonds is 9. The molecule has 5 heteroatoms. The van der Waals surface area contributed by atoms with Gasteiger partial charge in [-0.25, -0.2) is 13.1 Å². The third-order valence-corrected chi connectivity index (χ3v) is 3.99. The highest BCUT2D eigenvalue weighted by Crippen LogP contribution is 2.00. The Hall–Kier alpha value is -0.130. The molecule has 0 aromatic heterocycles. The summed E-state index contributed by atoms with van der Waals surface area (Å²) in [6.07, 6.45) is 2.35. The molecule has 0 bridgehead atoms. The minimum Gasteiger partial charge on any atom is -0.314 e. The Kier molecular flexibility index (Phi) is 7.97. The van der Waals surface area contributed by atoms with E-state index in [4.69, 9.17) is 0 Å². The van der Waals surface area contributed by atoms with E-state index in [1.807, 2.05) is 13.8 Å². The van der Waals surface area contributed by atoms with Crippen LogP contribution in [0.3, 0.4) is 0 Å². The molecule has 0 aromatic rings. The molecule has 0 aliphatic carbocycles. The van der Waals surface area contributed by atoms with E-state index in [-0.39, 0.29) is 11.8 Å². The van der Waals surface area contributed by atoms with Gasteiger partial charge in [-0.15, -0.1) is 0 Å².